The third-order valence-electron chi connectivity index (χ3n) is 5.40. The number of thioether (sulfide) groups is 1. The third-order valence-corrected chi connectivity index (χ3v) is 6.37. The second kappa shape index (κ2) is 8.62. The van der Waals surface area contributed by atoms with Crippen molar-refractivity contribution in [2.75, 3.05) is 11.1 Å². The van der Waals surface area contributed by atoms with Gasteiger partial charge in [0.25, 0.3) is 5.56 Å². The van der Waals surface area contributed by atoms with Crippen molar-refractivity contribution in [3.05, 3.63) is 58.2 Å². The molecule has 10 heteroatoms. The molecule has 0 spiro atoms. The zero-order chi connectivity index (χ0) is 22.1. The lowest BCUT2D eigenvalue weighted by molar-refractivity contribution is -0.113. The van der Waals surface area contributed by atoms with Gasteiger partial charge in [0.15, 0.2) is 16.8 Å². The fourth-order valence-electron chi connectivity index (χ4n) is 3.94. The van der Waals surface area contributed by atoms with E-state index in [0.29, 0.717) is 33.8 Å². The normalized spacial score (nSPS) is 13.7. The summed E-state index contributed by atoms with van der Waals surface area (Å²) in [7, 11) is 0. The number of para-hydroxylation sites is 1. The predicted octanol–water partition coefficient (Wildman–Crippen LogP) is 3.29. The Labute approximate surface area is 188 Å². The van der Waals surface area contributed by atoms with Crippen molar-refractivity contribution in [1.29, 1.82) is 0 Å². The third kappa shape index (κ3) is 3.93. The minimum atomic E-state index is -0.201. The first kappa shape index (κ1) is 20.5. The molecule has 0 bridgehead atoms. The van der Waals surface area contributed by atoms with Crippen LogP contribution in [0.3, 0.4) is 0 Å². The van der Waals surface area contributed by atoms with Gasteiger partial charge in [-0.15, -0.1) is 5.10 Å². The van der Waals surface area contributed by atoms with Crippen LogP contribution in [-0.4, -0.2) is 36.1 Å². The molecular formula is C22H22N6O3S. The Morgan fingerprint density at radius 1 is 1.22 bits per heavy atom. The van der Waals surface area contributed by atoms with E-state index in [1.807, 2.05) is 30.3 Å². The van der Waals surface area contributed by atoms with Crippen LogP contribution in [0.2, 0.25) is 0 Å². The van der Waals surface area contributed by atoms with E-state index in [9.17, 15) is 9.59 Å². The Kier molecular flexibility index (Phi) is 5.52. The van der Waals surface area contributed by atoms with E-state index in [4.69, 9.17) is 9.51 Å². The molecule has 1 aromatic carbocycles. The van der Waals surface area contributed by atoms with Crippen LogP contribution in [0, 0.1) is 6.92 Å². The van der Waals surface area contributed by atoms with Crippen LogP contribution in [0.5, 0.6) is 0 Å². The highest BCUT2D eigenvalue weighted by Gasteiger charge is 2.27. The maximum absolute atomic E-state index is 13.3. The van der Waals surface area contributed by atoms with Crippen LogP contribution in [0.25, 0.3) is 17.1 Å². The Hall–Kier alpha value is -3.40. The Morgan fingerprint density at radius 3 is 2.84 bits per heavy atom. The van der Waals surface area contributed by atoms with E-state index in [1.54, 1.807) is 13.0 Å². The number of carbonyl (C=O) groups is 1. The van der Waals surface area contributed by atoms with Crippen LogP contribution in [0.15, 0.2) is 50.9 Å². The van der Waals surface area contributed by atoms with Gasteiger partial charge in [-0.1, -0.05) is 41.5 Å². The number of nitrogens with one attached hydrogen (secondary N) is 1. The Bertz CT molecular complexity index is 1290. The van der Waals surface area contributed by atoms with Gasteiger partial charge in [-0.05, 0) is 38.3 Å². The molecule has 1 aromatic heterocycles. The van der Waals surface area contributed by atoms with Crippen LogP contribution >= 0.6 is 11.8 Å². The molecule has 1 amide bonds. The van der Waals surface area contributed by atoms with Crippen LogP contribution in [0.1, 0.15) is 30.7 Å². The van der Waals surface area contributed by atoms with E-state index < -0.39 is 0 Å². The summed E-state index contributed by atoms with van der Waals surface area (Å²) in [6.07, 6.45) is 3.88. The summed E-state index contributed by atoms with van der Waals surface area (Å²) >= 11 is 1.33. The fourth-order valence-corrected chi connectivity index (χ4v) is 4.78. The second-order valence-corrected chi connectivity index (χ2v) is 8.66. The van der Waals surface area contributed by atoms with Gasteiger partial charge in [0, 0.05) is 18.3 Å². The largest absolute Gasteiger partial charge is 0.360 e. The van der Waals surface area contributed by atoms with E-state index in [0.717, 1.165) is 37.9 Å². The van der Waals surface area contributed by atoms with E-state index in [1.165, 1.54) is 16.4 Å². The number of anilines is 1. The van der Waals surface area contributed by atoms with Gasteiger partial charge in [-0.3, -0.25) is 9.59 Å². The molecule has 9 nitrogen and oxygen atoms in total. The first-order valence-corrected chi connectivity index (χ1v) is 11.5. The molecule has 0 aliphatic carbocycles. The highest BCUT2D eigenvalue weighted by Crippen LogP contribution is 2.30. The van der Waals surface area contributed by atoms with Gasteiger partial charge >= 0.3 is 0 Å². The number of fused-ring (bicyclic) bond motifs is 3. The summed E-state index contributed by atoms with van der Waals surface area (Å²) < 4.78 is 8.49. The molecule has 3 aliphatic rings. The molecule has 0 radical (unpaired) electrons. The standard InChI is InChI=1S/C22H22N6O3S/c1-14-12-17(26-31-14)23-18(29)13-32-22-24-20-19(16-10-6-3-7-11-27(16)22)21(30)28(25-20)15-8-4-2-5-9-15/h2,4-5,8-9,12H,3,6-7,10-11,13H2,1H3,(H,23,26,29). The van der Waals surface area contributed by atoms with Crippen molar-refractivity contribution in [2.45, 2.75) is 44.3 Å². The molecule has 4 heterocycles. The minimum Gasteiger partial charge on any atom is -0.360 e. The van der Waals surface area contributed by atoms with E-state index in [2.05, 4.69) is 20.1 Å². The number of nitrogens with zero attached hydrogens (tertiary/aromatic N) is 5. The number of amides is 1. The zero-order valence-electron chi connectivity index (χ0n) is 17.6. The van der Waals surface area contributed by atoms with Gasteiger partial charge in [-0.2, -0.15) is 4.68 Å². The fraction of sp³-hybridized carbons (Fsp3) is 0.318. The summed E-state index contributed by atoms with van der Waals surface area (Å²) in [6, 6.07) is 11.0. The topological polar surface area (TPSA) is 108 Å². The van der Waals surface area contributed by atoms with Gasteiger partial charge in [0.05, 0.1) is 11.4 Å². The van der Waals surface area contributed by atoms with Gasteiger partial charge in [0.1, 0.15) is 11.3 Å². The lowest BCUT2D eigenvalue weighted by Crippen LogP contribution is -2.20. The first-order chi connectivity index (χ1) is 15.6. The number of carbonyl (C=O) groups excluding carboxylic acids is 1. The molecule has 32 heavy (non-hydrogen) atoms. The Balaban J connectivity index is 1.50. The molecule has 0 unspecified atom stereocenters. The summed E-state index contributed by atoms with van der Waals surface area (Å²) in [5.74, 6) is 1.39. The average Bonchev–Trinajstić information content (AvgIpc) is 3.25. The molecule has 3 aliphatic heterocycles. The molecule has 0 saturated carbocycles. The van der Waals surface area contributed by atoms with Crippen LogP contribution in [-0.2, 0) is 17.8 Å². The molecule has 1 N–H and O–H groups in total. The van der Waals surface area contributed by atoms with Crippen molar-refractivity contribution in [1.82, 2.24) is 24.5 Å². The summed E-state index contributed by atoms with van der Waals surface area (Å²) in [4.78, 5) is 30.4. The maximum atomic E-state index is 13.3. The number of hydrogen-bond acceptors (Lipinski definition) is 7. The smallest absolute Gasteiger partial charge is 0.284 e. The molecular weight excluding hydrogens is 428 g/mol. The lowest BCUT2D eigenvalue weighted by Gasteiger charge is -2.17. The van der Waals surface area contributed by atoms with Gasteiger partial charge in [0.2, 0.25) is 5.91 Å². The minimum absolute atomic E-state index is 0.153. The van der Waals surface area contributed by atoms with Crippen molar-refractivity contribution in [3.63, 3.8) is 0 Å². The zero-order valence-corrected chi connectivity index (χ0v) is 18.4. The predicted molar refractivity (Wildman–Crippen MR) is 120 cm³/mol. The molecule has 164 valence electrons. The first-order valence-electron chi connectivity index (χ1n) is 10.5. The van der Waals surface area contributed by atoms with Gasteiger partial charge in [-0.25, -0.2) is 4.98 Å². The van der Waals surface area contributed by atoms with Crippen molar-refractivity contribution >= 4 is 23.5 Å². The molecule has 0 saturated heterocycles. The molecule has 0 fully saturated rings. The second-order valence-electron chi connectivity index (χ2n) is 7.71. The summed E-state index contributed by atoms with van der Waals surface area (Å²) in [5.41, 5.74) is 2.08. The number of aromatic nitrogens is 5. The SMILES string of the molecule is Cc1cc(NC(=O)CSc2nc3nn(-c4ccccc4)c(=O)c-3c3n2CCCCC3)no1. The van der Waals surface area contributed by atoms with Crippen molar-refractivity contribution in [2.24, 2.45) is 0 Å². The number of benzene rings is 1. The summed E-state index contributed by atoms with van der Waals surface area (Å²) in [5, 5.41) is 11.7. The highest BCUT2D eigenvalue weighted by atomic mass is 32.2. The number of hydrogen-bond donors (Lipinski definition) is 1. The molecule has 5 rings (SSSR count). The van der Waals surface area contributed by atoms with E-state index >= 15 is 0 Å². The number of aryl methyl sites for hydroxylation is 1. The lowest BCUT2D eigenvalue weighted by atomic mass is 10.1. The number of rotatable bonds is 5. The Morgan fingerprint density at radius 2 is 2.06 bits per heavy atom. The summed E-state index contributed by atoms with van der Waals surface area (Å²) in [6.45, 7) is 2.53. The molecule has 2 aromatic rings. The van der Waals surface area contributed by atoms with Crippen LogP contribution in [0.4, 0.5) is 5.82 Å². The monoisotopic (exact) mass is 450 g/mol. The average molecular weight is 451 g/mol. The van der Waals surface area contributed by atoms with Crippen LogP contribution < -0.4 is 10.9 Å². The quantitative estimate of drug-likeness (QED) is 0.367. The van der Waals surface area contributed by atoms with Crippen molar-refractivity contribution < 1.29 is 9.32 Å². The molecule has 0 atom stereocenters. The maximum Gasteiger partial charge on any atom is 0.284 e. The van der Waals surface area contributed by atoms with E-state index in [-0.39, 0.29) is 17.2 Å². The van der Waals surface area contributed by atoms with Gasteiger partial charge < -0.3 is 14.4 Å². The van der Waals surface area contributed by atoms with Crippen molar-refractivity contribution in [3.8, 4) is 17.1 Å². The highest BCUT2D eigenvalue weighted by molar-refractivity contribution is 7.99.